The molecule has 158 valence electrons. The first-order valence-corrected chi connectivity index (χ1v) is 10.2. The maximum Gasteiger partial charge on any atom is 0.180 e. The molecule has 1 N–H and O–H groups in total. The minimum absolute atomic E-state index is 0.223. The Morgan fingerprint density at radius 1 is 1.17 bits per heavy atom. The highest BCUT2D eigenvalue weighted by Gasteiger charge is 2.15. The number of rotatable bonds is 9. The monoisotopic (exact) mass is 429 g/mol. The van der Waals surface area contributed by atoms with Crippen LogP contribution in [0.3, 0.4) is 0 Å². The van der Waals surface area contributed by atoms with Gasteiger partial charge >= 0.3 is 0 Å². The molecule has 3 rings (SSSR count). The van der Waals surface area contributed by atoms with Gasteiger partial charge in [0.1, 0.15) is 12.4 Å². The van der Waals surface area contributed by atoms with E-state index in [0.29, 0.717) is 23.2 Å². The number of halogens is 2. The van der Waals surface area contributed by atoms with Gasteiger partial charge in [0.2, 0.25) is 0 Å². The number of pyridine rings is 1. The van der Waals surface area contributed by atoms with E-state index in [1.807, 2.05) is 13.0 Å². The van der Waals surface area contributed by atoms with Gasteiger partial charge in [-0.2, -0.15) is 0 Å². The van der Waals surface area contributed by atoms with Gasteiger partial charge in [-0.05, 0) is 49.8 Å². The number of aromatic nitrogens is 3. The van der Waals surface area contributed by atoms with Crippen molar-refractivity contribution in [1.29, 1.82) is 0 Å². The minimum Gasteiger partial charge on any atom is -0.487 e. The van der Waals surface area contributed by atoms with Crippen molar-refractivity contribution in [1.82, 2.24) is 19.9 Å². The number of anilines is 2. The number of nitrogens with one attached hydrogen (secondary N) is 1. The van der Waals surface area contributed by atoms with Crippen LogP contribution in [0.5, 0.6) is 5.75 Å². The van der Waals surface area contributed by atoms with Gasteiger partial charge < -0.3 is 15.0 Å². The van der Waals surface area contributed by atoms with E-state index in [9.17, 15) is 4.39 Å². The predicted molar refractivity (Wildman–Crippen MR) is 118 cm³/mol. The molecule has 0 amide bonds. The average molecular weight is 430 g/mol. The molecule has 0 aliphatic rings. The second-order valence-electron chi connectivity index (χ2n) is 6.72. The molecule has 6 nitrogen and oxygen atoms in total. The first kappa shape index (κ1) is 21.9. The molecule has 0 bridgehead atoms. The number of hydrogen-bond acceptors (Lipinski definition) is 6. The molecule has 2 heterocycles. The van der Waals surface area contributed by atoms with Crippen LogP contribution in [0, 0.1) is 12.7 Å². The van der Waals surface area contributed by atoms with Crippen LogP contribution in [-0.4, -0.2) is 46.1 Å². The van der Waals surface area contributed by atoms with E-state index < -0.39 is 5.82 Å². The number of hydrogen-bond donors (Lipinski definition) is 1. The Morgan fingerprint density at radius 3 is 2.70 bits per heavy atom. The Morgan fingerprint density at radius 2 is 1.97 bits per heavy atom. The number of nitrogens with zero attached hydrogens (tertiary/aromatic N) is 4. The molecule has 0 saturated heterocycles. The van der Waals surface area contributed by atoms with Crippen LogP contribution in [-0.2, 0) is 0 Å². The van der Waals surface area contributed by atoms with Crippen molar-refractivity contribution >= 4 is 23.1 Å². The van der Waals surface area contributed by atoms with Gasteiger partial charge in [0.25, 0.3) is 0 Å². The van der Waals surface area contributed by atoms with E-state index in [4.69, 9.17) is 16.3 Å². The van der Waals surface area contributed by atoms with Crippen LogP contribution in [0.4, 0.5) is 15.9 Å². The lowest BCUT2D eigenvalue weighted by atomic mass is 10.2. The highest BCUT2D eigenvalue weighted by Crippen LogP contribution is 2.30. The maximum atomic E-state index is 14.3. The molecule has 0 atom stereocenters. The van der Waals surface area contributed by atoms with E-state index in [-0.39, 0.29) is 11.4 Å². The van der Waals surface area contributed by atoms with Crippen LogP contribution in [0.15, 0.2) is 42.9 Å². The summed E-state index contributed by atoms with van der Waals surface area (Å²) in [6.45, 7) is 9.33. The molecule has 0 saturated carbocycles. The maximum absolute atomic E-state index is 14.3. The fourth-order valence-corrected chi connectivity index (χ4v) is 3.10. The Balaban J connectivity index is 1.93. The molecule has 1 aromatic carbocycles. The first-order chi connectivity index (χ1) is 14.5. The summed E-state index contributed by atoms with van der Waals surface area (Å²) in [7, 11) is 0. The van der Waals surface area contributed by atoms with Gasteiger partial charge in [-0.15, -0.1) is 0 Å². The zero-order chi connectivity index (χ0) is 21.5. The van der Waals surface area contributed by atoms with Crippen molar-refractivity contribution in [2.24, 2.45) is 0 Å². The standard InChI is InChI=1S/C22H25ClFN5O/c1-4-29(5-2)10-11-30-20-14-26-21(17-12-16(23)6-7-18(17)24)28-22(20)27-19-8-9-25-13-15(19)3/h6-9,12-14H,4-5,10-11H2,1-3H3,(H,25,26,27,28). The van der Waals surface area contributed by atoms with Crippen molar-refractivity contribution in [3.8, 4) is 17.1 Å². The van der Waals surface area contributed by atoms with Gasteiger partial charge in [0, 0.05) is 29.6 Å². The van der Waals surface area contributed by atoms with Crippen molar-refractivity contribution in [3.05, 3.63) is 59.3 Å². The van der Waals surface area contributed by atoms with Crippen LogP contribution in [0.25, 0.3) is 11.4 Å². The molecule has 0 radical (unpaired) electrons. The van der Waals surface area contributed by atoms with Gasteiger partial charge in [-0.25, -0.2) is 14.4 Å². The minimum atomic E-state index is -0.444. The van der Waals surface area contributed by atoms with Gasteiger partial charge in [-0.3, -0.25) is 4.98 Å². The summed E-state index contributed by atoms with van der Waals surface area (Å²) in [6.07, 6.45) is 5.00. The number of aryl methyl sites for hydroxylation is 1. The third-order valence-corrected chi connectivity index (χ3v) is 4.99. The van der Waals surface area contributed by atoms with Gasteiger partial charge in [0.05, 0.1) is 11.8 Å². The Kier molecular flexibility index (Phi) is 7.54. The molecule has 0 aliphatic heterocycles. The molecule has 0 fully saturated rings. The van der Waals surface area contributed by atoms with Crippen LogP contribution in [0.2, 0.25) is 5.02 Å². The fourth-order valence-electron chi connectivity index (χ4n) is 2.93. The zero-order valence-corrected chi connectivity index (χ0v) is 18.1. The lowest BCUT2D eigenvalue weighted by Gasteiger charge is -2.19. The summed E-state index contributed by atoms with van der Waals surface area (Å²) in [6, 6.07) is 6.14. The molecular weight excluding hydrogens is 405 g/mol. The second-order valence-corrected chi connectivity index (χ2v) is 7.16. The fraction of sp³-hybridized carbons (Fsp3) is 0.318. The molecule has 8 heteroatoms. The van der Waals surface area contributed by atoms with Crippen LogP contribution >= 0.6 is 11.6 Å². The lowest BCUT2D eigenvalue weighted by Crippen LogP contribution is -2.28. The molecule has 0 unspecified atom stereocenters. The highest BCUT2D eigenvalue weighted by atomic mass is 35.5. The first-order valence-electron chi connectivity index (χ1n) is 9.87. The van der Waals surface area contributed by atoms with E-state index in [2.05, 4.69) is 39.0 Å². The number of likely N-dealkylation sites (N-methyl/N-ethyl adjacent to an activating group) is 1. The van der Waals surface area contributed by atoms with Crippen molar-refractivity contribution in [2.75, 3.05) is 31.6 Å². The quantitative estimate of drug-likeness (QED) is 0.510. The SMILES string of the molecule is CCN(CC)CCOc1cnc(-c2cc(Cl)ccc2F)nc1Nc1ccncc1C. The number of ether oxygens (including phenoxy) is 1. The van der Waals surface area contributed by atoms with Crippen LogP contribution < -0.4 is 10.1 Å². The van der Waals surface area contributed by atoms with E-state index in [0.717, 1.165) is 30.9 Å². The highest BCUT2D eigenvalue weighted by molar-refractivity contribution is 6.30. The summed E-state index contributed by atoms with van der Waals surface area (Å²) in [5, 5.41) is 3.68. The summed E-state index contributed by atoms with van der Waals surface area (Å²) < 4.78 is 20.3. The van der Waals surface area contributed by atoms with E-state index in [1.165, 1.54) is 18.2 Å². The Hall–Kier alpha value is -2.77. The number of benzene rings is 1. The smallest absolute Gasteiger partial charge is 0.180 e. The van der Waals surface area contributed by atoms with Crippen molar-refractivity contribution in [3.63, 3.8) is 0 Å². The largest absolute Gasteiger partial charge is 0.487 e. The molecule has 3 aromatic rings. The second kappa shape index (κ2) is 10.3. The van der Waals surface area contributed by atoms with Gasteiger partial charge in [-0.1, -0.05) is 25.4 Å². The topological polar surface area (TPSA) is 63.2 Å². The molecule has 30 heavy (non-hydrogen) atoms. The molecular formula is C22H25ClFN5O. The normalized spacial score (nSPS) is 11.0. The summed E-state index contributed by atoms with van der Waals surface area (Å²) >= 11 is 6.04. The molecule has 0 aliphatic carbocycles. The van der Waals surface area contributed by atoms with E-state index in [1.54, 1.807) is 18.6 Å². The third-order valence-electron chi connectivity index (χ3n) is 4.76. The third kappa shape index (κ3) is 5.43. The summed E-state index contributed by atoms with van der Waals surface area (Å²) in [5.74, 6) is 0.721. The zero-order valence-electron chi connectivity index (χ0n) is 17.3. The lowest BCUT2D eigenvalue weighted by molar-refractivity contribution is 0.222. The Labute approximate surface area is 181 Å². The summed E-state index contributed by atoms with van der Waals surface area (Å²) in [4.78, 5) is 15.2. The van der Waals surface area contributed by atoms with E-state index >= 15 is 0 Å². The molecule has 2 aromatic heterocycles. The predicted octanol–water partition coefficient (Wildman–Crippen LogP) is 5.10. The average Bonchev–Trinajstić information content (AvgIpc) is 2.75. The van der Waals surface area contributed by atoms with Crippen LogP contribution in [0.1, 0.15) is 19.4 Å². The summed E-state index contributed by atoms with van der Waals surface area (Å²) in [5.41, 5.74) is 2.00. The molecule has 0 spiro atoms. The van der Waals surface area contributed by atoms with Crippen molar-refractivity contribution < 1.29 is 9.13 Å². The van der Waals surface area contributed by atoms with Crippen molar-refractivity contribution in [2.45, 2.75) is 20.8 Å². The van der Waals surface area contributed by atoms with Gasteiger partial charge in [0.15, 0.2) is 17.4 Å². The Bertz CT molecular complexity index is 997.